The molecule has 0 radical (unpaired) electrons. The predicted octanol–water partition coefficient (Wildman–Crippen LogP) is -3.23. The molecule has 0 aromatic carbocycles. The molecule has 4 rings (SSSR count). The maximum Gasteiger partial charge on any atom is 0.326 e. The van der Waals surface area contributed by atoms with Gasteiger partial charge in [0.1, 0.15) is 42.3 Å². The number of nitrogens with one attached hydrogen (secondary N) is 3. The van der Waals surface area contributed by atoms with Crippen molar-refractivity contribution in [2.75, 3.05) is 32.7 Å². The Kier molecular flexibility index (Phi) is 16.4. The summed E-state index contributed by atoms with van der Waals surface area (Å²) in [5.41, 5.74) is 16.7. The number of likely N-dealkylation sites (tertiary alicyclic amines) is 4. The molecule has 0 aromatic heterocycles. The highest BCUT2D eigenvalue weighted by Crippen LogP contribution is 2.27. The molecular formula is C37H59N11O11. The van der Waals surface area contributed by atoms with E-state index in [4.69, 9.17) is 22.3 Å². The Morgan fingerprint density at radius 2 is 1.15 bits per heavy atom. The molecule has 22 heteroatoms. The van der Waals surface area contributed by atoms with Crippen LogP contribution in [0.2, 0.25) is 0 Å². The number of amides is 7. The molecule has 0 aromatic rings. The lowest BCUT2D eigenvalue weighted by Gasteiger charge is -2.33. The molecule has 59 heavy (non-hydrogen) atoms. The van der Waals surface area contributed by atoms with Crippen molar-refractivity contribution in [3.05, 3.63) is 0 Å². The highest BCUT2D eigenvalue weighted by Gasteiger charge is 2.45. The second kappa shape index (κ2) is 20.9. The highest BCUT2D eigenvalue weighted by atomic mass is 16.4. The van der Waals surface area contributed by atoms with Gasteiger partial charge in [-0.2, -0.15) is 0 Å². The number of carbonyl (C=O) groups excluding carboxylic acids is 7. The van der Waals surface area contributed by atoms with Gasteiger partial charge in [-0.3, -0.25) is 43.3 Å². The molecule has 0 unspecified atom stereocenters. The molecule has 4 saturated heterocycles. The van der Waals surface area contributed by atoms with Crippen molar-refractivity contribution in [1.82, 2.24) is 35.6 Å². The Hall–Kier alpha value is -5.54. The number of aliphatic imine (C=N–C) groups is 1. The average molecular weight is 834 g/mol. The van der Waals surface area contributed by atoms with Gasteiger partial charge in [-0.25, -0.2) is 4.79 Å². The summed E-state index contributed by atoms with van der Waals surface area (Å²) in [5.74, 6) is -6.34. The standard InChI is InChI=1S/C37H59N11O11/c1-20(42-30(52)24-9-4-16-45(24)33(55)22(38)13-14-28(49)50)29(51)43-21(2)32(54)47-18-6-11-26(47)35(57)46-17-5-10-25(46)31(53)44-23(8-3-15-41-37(39)40)34(56)48-19-7-12-27(48)36(58)59/h20-27H,3-19,38H2,1-2H3,(H,42,52)(H,43,51)(H,44,53)(H,49,50)(H,58,59)(H4,39,40,41)/t20-,21-,22-,23-,24-,25-,26-,27-/m0/s1. The predicted molar refractivity (Wildman–Crippen MR) is 208 cm³/mol. The first-order chi connectivity index (χ1) is 27.9. The number of carboxylic acids is 2. The lowest BCUT2D eigenvalue weighted by Crippen LogP contribution is -2.59. The summed E-state index contributed by atoms with van der Waals surface area (Å²) in [5, 5.41) is 26.5. The number of aliphatic carboxylic acids is 2. The normalized spacial score (nSPS) is 23.5. The molecule has 0 saturated carbocycles. The molecule has 4 fully saturated rings. The van der Waals surface area contributed by atoms with E-state index in [0.717, 1.165) is 0 Å². The summed E-state index contributed by atoms with van der Waals surface area (Å²) in [6.45, 7) is 3.97. The highest BCUT2D eigenvalue weighted by molar-refractivity contribution is 5.98. The second-order valence-corrected chi connectivity index (χ2v) is 15.6. The molecule has 0 aliphatic carbocycles. The lowest BCUT2D eigenvalue weighted by atomic mass is 10.1. The lowest BCUT2D eigenvalue weighted by molar-refractivity contribution is -0.150. The van der Waals surface area contributed by atoms with Gasteiger partial charge >= 0.3 is 11.9 Å². The summed E-state index contributed by atoms with van der Waals surface area (Å²) in [6.07, 6.45) is 3.23. The van der Waals surface area contributed by atoms with Crippen LogP contribution in [0.4, 0.5) is 0 Å². The second-order valence-electron chi connectivity index (χ2n) is 15.6. The quantitative estimate of drug-likeness (QED) is 0.0383. The van der Waals surface area contributed by atoms with E-state index in [-0.39, 0.29) is 64.4 Å². The Labute approximate surface area is 341 Å². The summed E-state index contributed by atoms with van der Waals surface area (Å²) in [6, 6.07) is -8.20. The molecule has 328 valence electrons. The fourth-order valence-electron chi connectivity index (χ4n) is 8.24. The molecule has 4 heterocycles. The zero-order valence-electron chi connectivity index (χ0n) is 33.7. The van der Waals surface area contributed by atoms with E-state index in [0.29, 0.717) is 51.4 Å². The minimum atomic E-state index is -1.14. The van der Waals surface area contributed by atoms with Crippen LogP contribution in [0.25, 0.3) is 0 Å². The van der Waals surface area contributed by atoms with Gasteiger partial charge in [-0.15, -0.1) is 0 Å². The number of guanidine groups is 1. The summed E-state index contributed by atoms with van der Waals surface area (Å²) in [4.78, 5) is 126. The smallest absolute Gasteiger partial charge is 0.326 e. The number of hydrogen-bond donors (Lipinski definition) is 8. The van der Waals surface area contributed by atoms with E-state index in [1.54, 1.807) is 0 Å². The van der Waals surface area contributed by atoms with Crippen LogP contribution in [0.1, 0.15) is 90.9 Å². The third kappa shape index (κ3) is 11.8. The van der Waals surface area contributed by atoms with Crippen molar-refractivity contribution in [2.24, 2.45) is 22.2 Å². The monoisotopic (exact) mass is 833 g/mol. The minimum Gasteiger partial charge on any atom is -0.481 e. The van der Waals surface area contributed by atoms with Crippen molar-refractivity contribution in [3.63, 3.8) is 0 Å². The summed E-state index contributed by atoms with van der Waals surface area (Å²) < 4.78 is 0. The van der Waals surface area contributed by atoms with Crippen molar-refractivity contribution in [1.29, 1.82) is 0 Å². The summed E-state index contributed by atoms with van der Waals surface area (Å²) in [7, 11) is 0. The van der Waals surface area contributed by atoms with Crippen LogP contribution < -0.4 is 33.2 Å². The van der Waals surface area contributed by atoms with Gasteiger partial charge < -0.3 is 63.0 Å². The van der Waals surface area contributed by atoms with E-state index >= 15 is 0 Å². The third-order valence-electron chi connectivity index (χ3n) is 11.3. The van der Waals surface area contributed by atoms with Crippen molar-refractivity contribution in [2.45, 2.75) is 139 Å². The van der Waals surface area contributed by atoms with Gasteiger partial charge in [-0.1, -0.05) is 0 Å². The zero-order chi connectivity index (χ0) is 43.6. The SMILES string of the molecule is C[C@H](NC(=O)[C@@H]1CCCN1C(=O)[C@@H](N)CCC(=O)O)C(=O)N[C@@H](C)C(=O)N1CCC[C@H]1C(=O)N1CCC[C@H]1C(=O)N[C@@H](CCCN=C(N)N)C(=O)N1CCC[C@H]1C(=O)O. The van der Waals surface area contributed by atoms with Crippen LogP contribution in [0, 0.1) is 0 Å². The molecule has 7 amide bonds. The third-order valence-corrected chi connectivity index (χ3v) is 11.3. The first-order valence-electron chi connectivity index (χ1n) is 20.3. The molecule has 11 N–H and O–H groups in total. The Morgan fingerprint density at radius 1 is 0.644 bits per heavy atom. The van der Waals surface area contributed by atoms with Gasteiger partial charge in [0.15, 0.2) is 5.96 Å². The minimum absolute atomic E-state index is 0.0930. The molecule has 4 aliphatic heterocycles. The molecule has 22 nitrogen and oxygen atoms in total. The maximum atomic E-state index is 14.1. The number of nitrogens with two attached hydrogens (primary N) is 3. The molecular weight excluding hydrogens is 774 g/mol. The van der Waals surface area contributed by atoms with Crippen LogP contribution in [-0.2, 0) is 43.2 Å². The zero-order valence-corrected chi connectivity index (χ0v) is 33.7. The van der Waals surface area contributed by atoms with Gasteiger partial charge in [0.05, 0.1) is 6.04 Å². The van der Waals surface area contributed by atoms with Gasteiger partial charge in [0.25, 0.3) is 0 Å². The van der Waals surface area contributed by atoms with Crippen LogP contribution >= 0.6 is 0 Å². The molecule has 0 spiro atoms. The van der Waals surface area contributed by atoms with Crippen molar-refractivity contribution < 1.29 is 53.4 Å². The van der Waals surface area contributed by atoms with Gasteiger partial charge in [0.2, 0.25) is 41.4 Å². The molecule has 0 bridgehead atoms. The van der Waals surface area contributed by atoms with E-state index in [1.165, 1.54) is 33.4 Å². The van der Waals surface area contributed by atoms with Crippen LogP contribution in [0.15, 0.2) is 4.99 Å². The fraction of sp³-hybridized carbons (Fsp3) is 0.730. The van der Waals surface area contributed by atoms with Crippen LogP contribution in [0.3, 0.4) is 0 Å². The van der Waals surface area contributed by atoms with Gasteiger partial charge in [-0.05, 0) is 84.5 Å². The molecule has 4 aliphatic rings. The fourth-order valence-corrected chi connectivity index (χ4v) is 8.24. The van der Waals surface area contributed by atoms with E-state index in [2.05, 4.69) is 20.9 Å². The number of carbonyl (C=O) groups is 9. The summed E-state index contributed by atoms with van der Waals surface area (Å²) >= 11 is 0. The number of hydrogen-bond acceptors (Lipinski definition) is 11. The van der Waals surface area contributed by atoms with E-state index in [1.807, 2.05) is 0 Å². The average Bonchev–Trinajstić information content (AvgIpc) is 4.03. The van der Waals surface area contributed by atoms with Crippen LogP contribution in [0.5, 0.6) is 0 Å². The van der Waals surface area contributed by atoms with Crippen molar-refractivity contribution >= 4 is 59.2 Å². The Morgan fingerprint density at radius 3 is 1.73 bits per heavy atom. The number of nitrogens with zero attached hydrogens (tertiary/aromatic N) is 5. The maximum absolute atomic E-state index is 14.1. The van der Waals surface area contributed by atoms with Crippen LogP contribution in [-0.4, -0.2) is 170 Å². The first kappa shape index (κ1) is 46.2. The topological polar surface area (TPSA) is 334 Å². The Balaban J connectivity index is 1.35. The van der Waals surface area contributed by atoms with E-state index in [9.17, 15) is 48.3 Å². The van der Waals surface area contributed by atoms with Crippen molar-refractivity contribution in [3.8, 4) is 0 Å². The van der Waals surface area contributed by atoms with Gasteiger partial charge in [0, 0.05) is 39.1 Å². The first-order valence-corrected chi connectivity index (χ1v) is 20.3. The Bertz CT molecular complexity index is 1660. The number of rotatable bonds is 18. The molecule has 8 atom stereocenters. The largest absolute Gasteiger partial charge is 0.481 e. The number of carboxylic acid groups (broad SMARTS) is 2. The van der Waals surface area contributed by atoms with E-state index < -0.39 is 102 Å².